The number of aryl methyl sites for hydroxylation is 2. The fourth-order valence-corrected chi connectivity index (χ4v) is 2.94. The van der Waals surface area contributed by atoms with E-state index in [0.29, 0.717) is 0 Å². The molecule has 4 nitrogen and oxygen atoms in total. The molecule has 3 rings (SSSR count). The second-order valence-corrected chi connectivity index (χ2v) is 6.40. The van der Waals surface area contributed by atoms with Crippen LogP contribution in [0.25, 0.3) is 11.8 Å². The van der Waals surface area contributed by atoms with Crippen LogP contribution in [0.15, 0.2) is 54.6 Å². The van der Waals surface area contributed by atoms with Crippen molar-refractivity contribution in [2.24, 2.45) is 0 Å². The number of hydrogen-bond donors (Lipinski definition) is 1. The van der Waals surface area contributed by atoms with Gasteiger partial charge in [0.1, 0.15) is 0 Å². The predicted molar refractivity (Wildman–Crippen MR) is 107 cm³/mol. The highest BCUT2D eigenvalue weighted by atomic mass is 16.1. The number of nitrogens with one attached hydrogen (secondary N) is 1. The second kappa shape index (κ2) is 7.40. The van der Waals surface area contributed by atoms with Gasteiger partial charge in [0.15, 0.2) is 0 Å². The lowest BCUT2D eigenvalue weighted by molar-refractivity contribution is -0.111. The quantitative estimate of drug-likeness (QED) is 0.693. The zero-order chi connectivity index (χ0) is 18.7. The van der Waals surface area contributed by atoms with Crippen LogP contribution in [0.2, 0.25) is 0 Å². The van der Waals surface area contributed by atoms with E-state index in [4.69, 9.17) is 0 Å². The molecule has 3 aromatic rings. The molecule has 0 aliphatic carbocycles. The van der Waals surface area contributed by atoms with E-state index < -0.39 is 0 Å². The molecule has 0 aliphatic heterocycles. The Morgan fingerprint density at radius 2 is 1.73 bits per heavy atom. The van der Waals surface area contributed by atoms with Gasteiger partial charge >= 0.3 is 0 Å². The van der Waals surface area contributed by atoms with Gasteiger partial charge in [-0.3, -0.25) is 4.79 Å². The summed E-state index contributed by atoms with van der Waals surface area (Å²) >= 11 is 0. The number of rotatable bonds is 4. The molecular weight excluding hydrogens is 322 g/mol. The summed E-state index contributed by atoms with van der Waals surface area (Å²) in [7, 11) is 0. The number of benzene rings is 2. The average Bonchev–Trinajstić information content (AvgIpc) is 2.92. The summed E-state index contributed by atoms with van der Waals surface area (Å²) in [5.74, 6) is -0.148. The summed E-state index contributed by atoms with van der Waals surface area (Å²) < 4.78 is 1.90. The van der Waals surface area contributed by atoms with E-state index in [1.165, 1.54) is 0 Å². The fraction of sp³-hybridized carbons (Fsp3) is 0.182. The van der Waals surface area contributed by atoms with Gasteiger partial charge in [-0.1, -0.05) is 30.3 Å². The number of hydrogen-bond acceptors (Lipinski definition) is 2. The fourth-order valence-electron chi connectivity index (χ4n) is 2.94. The molecule has 0 fully saturated rings. The van der Waals surface area contributed by atoms with E-state index in [1.807, 2.05) is 87.0 Å². The minimum Gasteiger partial charge on any atom is -0.322 e. The Morgan fingerprint density at radius 1 is 1.00 bits per heavy atom. The first-order valence-corrected chi connectivity index (χ1v) is 8.64. The molecule has 2 aromatic carbocycles. The lowest BCUT2D eigenvalue weighted by Crippen LogP contribution is -2.09. The molecule has 0 aliphatic rings. The zero-order valence-electron chi connectivity index (χ0n) is 15.6. The van der Waals surface area contributed by atoms with Crippen molar-refractivity contribution in [3.05, 3.63) is 82.7 Å². The van der Waals surface area contributed by atoms with Crippen molar-refractivity contribution >= 4 is 17.7 Å². The summed E-state index contributed by atoms with van der Waals surface area (Å²) in [6.45, 7) is 8.00. The Bertz CT molecular complexity index is 969. The van der Waals surface area contributed by atoms with Gasteiger partial charge in [0, 0.05) is 23.0 Å². The van der Waals surface area contributed by atoms with Crippen molar-refractivity contribution in [1.82, 2.24) is 9.78 Å². The molecule has 4 heteroatoms. The Kier molecular flexibility index (Phi) is 5.03. The first-order chi connectivity index (χ1) is 12.5. The molecule has 26 heavy (non-hydrogen) atoms. The van der Waals surface area contributed by atoms with Crippen molar-refractivity contribution in [1.29, 1.82) is 0 Å². The average molecular weight is 345 g/mol. The van der Waals surface area contributed by atoms with E-state index in [-0.39, 0.29) is 5.91 Å². The van der Waals surface area contributed by atoms with Crippen LogP contribution in [0.1, 0.15) is 28.1 Å². The molecule has 1 amide bonds. The molecule has 132 valence electrons. The number of amides is 1. The summed E-state index contributed by atoms with van der Waals surface area (Å²) in [6, 6.07) is 15.9. The Balaban J connectivity index is 1.81. The number of anilines is 1. The van der Waals surface area contributed by atoms with Crippen molar-refractivity contribution in [2.75, 3.05) is 5.32 Å². The number of carbonyl (C=O) groups excluding carboxylic acids is 1. The summed E-state index contributed by atoms with van der Waals surface area (Å²) in [6.07, 6.45) is 3.39. The predicted octanol–water partition coefficient (Wildman–Crippen LogP) is 4.76. The van der Waals surface area contributed by atoms with E-state index in [9.17, 15) is 4.79 Å². The summed E-state index contributed by atoms with van der Waals surface area (Å²) in [4.78, 5) is 12.3. The maximum absolute atomic E-state index is 12.3. The largest absolute Gasteiger partial charge is 0.322 e. The van der Waals surface area contributed by atoms with Gasteiger partial charge in [-0.25, -0.2) is 4.68 Å². The lowest BCUT2D eigenvalue weighted by Gasteiger charge is -2.08. The van der Waals surface area contributed by atoms with Crippen LogP contribution in [-0.2, 0) is 4.79 Å². The molecule has 1 heterocycles. The molecule has 0 atom stereocenters. The molecule has 0 saturated heterocycles. The highest BCUT2D eigenvalue weighted by Crippen LogP contribution is 2.20. The standard InChI is InChI=1S/C22H23N3O/c1-15-9-8-12-21(16(15)2)23-22(26)14-13-20-17(3)24-25(18(20)4)19-10-6-5-7-11-19/h5-14H,1-4H3,(H,23,26)/b14-13+. The molecule has 0 bridgehead atoms. The van der Waals surface area contributed by atoms with Gasteiger partial charge in [0.2, 0.25) is 5.91 Å². The van der Waals surface area contributed by atoms with Crippen molar-refractivity contribution in [3.63, 3.8) is 0 Å². The van der Waals surface area contributed by atoms with Gasteiger partial charge in [-0.15, -0.1) is 0 Å². The van der Waals surface area contributed by atoms with Crippen LogP contribution in [0, 0.1) is 27.7 Å². The van der Waals surface area contributed by atoms with Crippen LogP contribution in [0.4, 0.5) is 5.69 Å². The van der Waals surface area contributed by atoms with Gasteiger partial charge < -0.3 is 5.32 Å². The summed E-state index contributed by atoms with van der Waals surface area (Å²) in [5.41, 5.74) is 6.94. The van der Waals surface area contributed by atoms with Gasteiger partial charge in [-0.2, -0.15) is 5.10 Å². The zero-order valence-corrected chi connectivity index (χ0v) is 15.6. The normalized spacial score (nSPS) is 11.1. The number of aromatic nitrogens is 2. The van der Waals surface area contributed by atoms with Crippen LogP contribution in [0.5, 0.6) is 0 Å². The highest BCUT2D eigenvalue weighted by Gasteiger charge is 2.11. The van der Waals surface area contributed by atoms with Gasteiger partial charge in [0.05, 0.1) is 11.4 Å². The van der Waals surface area contributed by atoms with E-state index in [1.54, 1.807) is 6.08 Å². The third-order valence-electron chi connectivity index (χ3n) is 4.61. The topological polar surface area (TPSA) is 46.9 Å². The van der Waals surface area contributed by atoms with E-state index in [0.717, 1.165) is 39.5 Å². The molecule has 0 unspecified atom stereocenters. The number of para-hydroxylation sites is 1. The van der Waals surface area contributed by atoms with Crippen LogP contribution in [0.3, 0.4) is 0 Å². The maximum Gasteiger partial charge on any atom is 0.248 e. The number of nitrogens with zero attached hydrogens (tertiary/aromatic N) is 2. The minimum absolute atomic E-state index is 0.148. The molecule has 0 saturated carbocycles. The Hall–Kier alpha value is -3.14. The third kappa shape index (κ3) is 3.59. The molecule has 0 radical (unpaired) electrons. The monoisotopic (exact) mass is 345 g/mol. The number of carbonyl (C=O) groups is 1. The van der Waals surface area contributed by atoms with Crippen molar-refractivity contribution in [2.45, 2.75) is 27.7 Å². The SMILES string of the molecule is Cc1cccc(NC(=O)/C=C/c2c(C)nn(-c3ccccc3)c2C)c1C. The summed E-state index contributed by atoms with van der Waals surface area (Å²) in [5, 5.41) is 7.55. The van der Waals surface area contributed by atoms with Crippen molar-refractivity contribution < 1.29 is 4.79 Å². The van der Waals surface area contributed by atoms with Crippen molar-refractivity contribution in [3.8, 4) is 5.69 Å². The van der Waals surface area contributed by atoms with E-state index >= 15 is 0 Å². The molecule has 1 N–H and O–H groups in total. The van der Waals surface area contributed by atoms with Crippen LogP contribution in [-0.4, -0.2) is 15.7 Å². The second-order valence-electron chi connectivity index (χ2n) is 6.40. The van der Waals surface area contributed by atoms with E-state index in [2.05, 4.69) is 10.4 Å². The Morgan fingerprint density at radius 3 is 2.46 bits per heavy atom. The minimum atomic E-state index is -0.148. The van der Waals surface area contributed by atoms with Gasteiger partial charge in [0.25, 0.3) is 0 Å². The smallest absolute Gasteiger partial charge is 0.248 e. The first-order valence-electron chi connectivity index (χ1n) is 8.64. The third-order valence-corrected chi connectivity index (χ3v) is 4.61. The molecule has 0 spiro atoms. The highest BCUT2D eigenvalue weighted by molar-refractivity contribution is 6.02. The Labute approximate surface area is 154 Å². The van der Waals surface area contributed by atoms with Crippen LogP contribution >= 0.6 is 0 Å². The lowest BCUT2D eigenvalue weighted by atomic mass is 10.1. The molecular formula is C22H23N3O. The maximum atomic E-state index is 12.3. The van der Waals surface area contributed by atoms with Gasteiger partial charge in [-0.05, 0) is 63.1 Å². The van der Waals surface area contributed by atoms with Crippen LogP contribution < -0.4 is 5.32 Å². The molecule has 1 aromatic heterocycles. The first kappa shape index (κ1) is 17.7.